The van der Waals surface area contributed by atoms with E-state index < -0.39 is 11.4 Å². The van der Waals surface area contributed by atoms with Crippen LogP contribution in [0.25, 0.3) is 11.3 Å². The molecule has 3 atom stereocenters. The molecule has 32 heavy (non-hydrogen) atoms. The molecule has 2 aromatic rings. The first-order valence-electron chi connectivity index (χ1n) is 12.1. The Morgan fingerprint density at radius 2 is 1.97 bits per heavy atom. The van der Waals surface area contributed by atoms with Crippen molar-refractivity contribution in [2.75, 3.05) is 6.61 Å². The molecule has 0 saturated heterocycles. The van der Waals surface area contributed by atoms with E-state index in [1.807, 2.05) is 0 Å². The molecule has 0 spiro atoms. The molecule has 1 aromatic carbocycles. The number of aromatic carboxylic acids is 1. The van der Waals surface area contributed by atoms with Crippen molar-refractivity contribution < 1.29 is 14.6 Å². The van der Waals surface area contributed by atoms with Gasteiger partial charge >= 0.3 is 5.97 Å². The largest absolute Gasteiger partial charge is 0.493 e. The van der Waals surface area contributed by atoms with Gasteiger partial charge in [-0.3, -0.25) is 4.79 Å². The van der Waals surface area contributed by atoms with Crippen LogP contribution in [0.4, 0.5) is 0 Å². The maximum Gasteiger partial charge on any atom is 0.341 e. The lowest BCUT2D eigenvalue weighted by molar-refractivity contribution is 0.0693. The molecule has 168 valence electrons. The number of hydrogen-bond acceptors (Lipinski definition) is 3. The lowest BCUT2D eigenvalue weighted by atomic mass is 9.73. The number of carboxylic acid groups (broad SMARTS) is 1. The number of nitrogens with zero attached hydrogens (tertiary/aromatic N) is 1. The number of benzene rings is 1. The van der Waals surface area contributed by atoms with Crippen molar-refractivity contribution in [3.63, 3.8) is 0 Å². The number of pyridine rings is 1. The molecule has 2 aliphatic heterocycles. The standard InChI is InChI=1S/C27H31NO4/c1-14-12-27(2,3)25-22(14)23-16-8-9-32-24(16)17(15-6-4-5-7-15)10-18(23)20-11-21(29)19(26(30)31)13-28(20)25/h10-11,13-15,22,25H,4-9,12H2,1-3H3,(H,30,31)/t14?,22-,25+/m1/s1. The van der Waals surface area contributed by atoms with Crippen LogP contribution in [0, 0.1) is 11.3 Å². The minimum Gasteiger partial charge on any atom is -0.493 e. The Balaban J connectivity index is 1.69. The fraction of sp³-hybridized carbons (Fsp3) is 0.556. The summed E-state index contributed by atoms with van der Waals surface area (Å²) in [6.45, 7) is 7.62. The molecule has 1 aromatic heterocycles. The van der Waals surface area contributed by atoms with E-state index in [0.29, 0.717) is 17.8 Å². The molecule has 1 N–H and O–H groups in total. The fourth-order valence-electron chi connectivity index (χ4n) is 7.59. The van der Waals surface area contributed by atoms with Gasteiger partial charge < -0.3 is 14.4 Å². The maximum atomic E-state index is 12.8. The number of ether oxygens (including phenoxy) is 1. The summed E-state index contributed by atoms with van der Waals surface area (Å²) in [6.07, 6.45) is 8.50. The third kappa shape index (κ3) is 2.63. The Kier molecular flexibility index (Phi) is 4.22. The van der Waals surface area contributed by atoms with Crippen LogP contribution < -0.4 is 10.2 Å². The average molecular weight is 434 g/mol. The fourth-order valence-corrected chi connectivity index (χ4v) is 7.59. The van der Waals surface area contributed by atoms with Crippen LogP contribution in [0.15, 0.2) is 23.1 Å². The predicted molar refractivity (Wildman–Crippen MR) is 123 cm³/mol. The molecule has 0 radical (unpaired) electrons. The van der Waals surface area contributed by atoms with Gasteiger partial charge in [0.05, 0.1) is 12.3 Å². The molecular weight excluding hydrogens is 402 g/mol. The Bertz CT molecular complexity index is 1200. The summed E-state index contributed by atoms with van der Waals surface area (Å²) < 4.78 is 8.40. The number of rotatable bonds is 2. The van der Waals surface area contributed by atoms with Crippen LogP contribution in [-0.2, 0) is 6.42 Å². The number of carboxylic acids is 1. The topological polar surface area (TPSA) is 68.5 Å². The van der Waals surface area contributed by atoms with Crippen molar-refractivity contribution in [2.24, 2.45) is 11.3 Å². The highest BCUT2D eigenvalue weighted by Crippen LogP contribution is 2.63. The van der Waals surface area contributed by atoms with Gasteiger partial charge in [0, 0.05) is 41.8 Å². The smallest absolute Gasteiger partial charge is 0.341 e. The normalized spacial score (nSPS) is 27.4. The van der Waals surface area contributed by atoms with Crippen LogP contribution in [0.3, 0.4) is 0 Å². The summed E-state index contributed by atoms with van der Waals surface area (Å²) in [6, 6.07) is 4.01. The molecule has 2 aliphatic carbocycles. The molecule has 0 bridgehead atoms. The molecule has 1 unspecified atom stereocenters. The highest BCUT2D eigenvalue weighted by molar-refractivity contribution is 5.88. The molecule has 3 heterocycles. The van der Waals surface area contributed by atoms with Crippen molar-refractivity contribution >= 4 is 5.97 Å². The molecular formula is C27H31NO4. The van der Waals surface area contributed by atoms with E-state index in [1.54, 1.807) is 12.3 Å². The molecule has 2 fully saturated rings. The quantitative estimate of drug-likeness (QED) is 0.678. The Morgan fingerprint density at radius 3 is 2.69 bits per heavy atom. The van der Waals surface area contributed by atoms with Gasteiger partial charge in [-0.2, -0.15) is 0 Å². The highest BCUT2D eigenvalue weighted by Gasteiger charge is 2.52. The molecule has 0 amide bonds. The summed E-state index contributed by atoms with van der Waals surface area (Å²) in [5.41, 5.74) is 5.50. The third-order valence-electron chi connectivity index (χ3n) is 8.67. The third-order valence-corrected chi connectivity index (χ3v) is 8.67. The van der Waals surface area contributed by atoms with Gasteiger partial charge in [-0.25, -0.2) is 4.79 Å². The molecule has 2 saturated carbocycles. The Hall–Kier alpha value is -2.56. The summed E-state index contributed by atoms with van der Waals surface area (Å²) in [4.78, 5) is 24.6. The van der Waals surface area contributed by atoms with Crippen molar-refractivity contribution in [3.05, 3.63) is 50.8 Å². The van der Waals surface area contributed by atoms with Gasteiger partial charge in [-0.1, -0.05) is 33.6 Å². The number of fused-ring (bicyclic) bond motifs is 8. The van der Waals surface area contributed by atoms with Crippen LogP contribution in [0.5, 0.6) is 5.75 Å². The van der Waals surface area contributed by atoms with Crippen molar-refractivity contribution in [2.45, 2.75) is 77.2 Å². The summed E-state index contributed by atoms with van der Waals surface area (Å²) >= 11 is 0. The predicted octanol–water partition coefficient (Wildman–Crippen LogP) is 5.51. The molecule has 5 heteroatoms. The molecule has 5 nitrogen and oxygen atoms in total. The summed E-state index contributed by atoms with van der Waals surface area (Å²) in [7, 11) is 0. The lowest BCUT2D eigenvalue weighted by Crippen LogP contribution is -2.33. The van der Waals surface area contributed by atoms with Gasteiger partial charge in [-0.05, 0) is 53.7 Å². The van der Waals surface area contributed by atoms with E-state index in [4.69, 9.17) is 4.74 Å². The van der Waals surface area contributed by atoms with Crippen molar-refractivity contribution in [1.82, 2.24) is 4.57 Å². The highest BCUT2D eigenvalue weighted by atomic mass is 16.5. The Morgan fingerprint density at radius 1 is 1.22 bits per heavy atom. The van der Waals surface area contributed by atoms with E-state index in [9.17, 15) is 14.7 Å². The zero-order valence-electron chi connectivity index (χ0n) is 19.1. The number of aromatic nitrogens is 1. The van der Waals surface area contributed by atoms with E-state index in [0.717, 1.165) is 36.5 Å². The van der Waals surface area contributed by atoms with Gasteiger partial charge in [0.25, 0.3) is 0 Å². The van der Waals surface area contributed by atoms with E-state index in [1.165, 1.54) is 42.4 Å². The summed E-state index contributed by atoms with van der Waals surface area (Å²) in [5, 5.41) is 9.67. The van der Waals surface area contributed by atoms with Crippen LogP contribution in [0.2, 0.25) is 0 Å². The van der Waals surface area contributed by atoms with Gasteiger partial charge in [0.2, 0.25) is 0 Å². The Labute approximate surface area is 188 Å². The first-order valence-corrected chi connectivity index (χ1v) is 12.1. The van der Waals surface area contributed by atoms with Gasteiger partial charge in [0.1, 0.15) is 11.3 Å². The van der Waals surface area contributed by atoms with Crippen LogP contribution in [-0.4, -0.2) is 22.2 Å². The van der Waals surface area contributed by atoms with Crippen molar-refractivity contribution in [1.29, 1.82) is 0 Å². The van der Waals surface area contributed by atoms with Gasteiger partial charge in [-0.15, -0.1) is 0 Å². The lowest BCUT2D eigenvalue weighted by Gasteiger charge is -2.41. The minimum atomic E-state index is -1.15. The first-order chi connectivity index (χ1) is 15.3. The SMILES string of the molecule is CC1CC(C)(C)[C@@H]2[C@H]1c1c(cc(C3CCCC3)c3c1CCO3)-c1cc(=O)c(C(=O)O)cn12. The molecule has 6 rings (SSSR count). The second-order valence-electron chi connectivity index (χ2n) is 11.1. The number of hydrogen-bond donors (Lipinski definition) is 1. The number of carbonyl (C=O) groups is 1. The second kappa shape index (κ2) is 6.72. The average Bonchev–Trinajstić information content (AvgIpc) is 3.46. The van der Waals surface area contributed by atoms with Gasteiger partial charge in [0.15, 0.2) is 5.43 Å². The zero-order valence-corrected chi connectivity index (χ0v) is 19.1. The second-order valence-corrected chi connectivity index (χ2v) is 11.1. The van der Waals surface area contributed by atoms with E-state index in [2.05, 4.69) is 31.4 Å². The van der Waals surface area contributed by atoms with Crippen molar-refractivity contribution in [3.8, 4) is 17.0 Å². The van der Waals surface area contributed by atoms with Crippen LogP contribution >= 0.6 is 0 Å². The monoisotopic (exact) mass is 433 g/mol. The first kappa shape index (κ1) is 20.1. The van der Waals surface area contributed by atoms with E-state index in [-0.39, 0.29) is 17.0 Å². The van der Waals surface area contributed by atoms with E-state index >= 15 is 0 Å². The summed E-state index contributed by atoms with van der Waals surface area (Å²) in [5.74, 6) is 1.25. The minimum absolute atomic E-state index is 0.00215. The zero-order chi connectivity index (χ0) is 22.4. The molecule has 4 aliphatic rings. The van der Waals surface area contributed by atoms with Crippen LogP contribution in [0.1, 0.15) is 97.8 Å². The maximum absolute atomic E-state index is 12.8.